The van der Waals surface area contributed by atoms with Crippen molar-refractivity contribution < 1.29 is 14.3 Å². The minimum Gasteiger partial charge on any atom is -0.478 e. The van der Waals surface area contributed by atoms with Crippen molar-refractivity contribution in [1.29, 1.82) is 0 Å². The van der Waals surface area contributed by atoms with Gasteiger partial charge in [0.15, 0.2) is 0 Å². The van der Waals surface area contributed by atoms with Gasteiger partial charge in [-0.25, -0.2) is 4.79 Å². The number of rotatable bonds is 3. The molecule has 0 atom stereocenters. The molecule has 0 saturated heterocycles. The van der Waals surface area contributed by atoms with Crippen LogP contribution >= 0.6 is 11.8 Å². The highest BCUT2D eigenvalue weighted by molar-refractivity contribution is 7.97. The number of thioether (sulfide) groups is 1. The Morgan fingerprint density at radius 1 is 1.47 bits per heavy atom. The molecule has 0 saturated carbocycles. The fourth-order valence-corrected chi connectivity index (χ4v) is 1.86. The smallest absolute Gasteiger partial charge is 0.335 e. The Hall–Kier alpha value is -1.42. The van der Waals surface area contributed by atoms with Crippen molar-refractivity contribution in [2.75, 3.05) is 6.26 Å². The molecular formula is C11H10O3S. The van der Waals surface area contributed by atoms with Crippen LogP contribution in [0.4, 0.5) is 0 Å². The number of hydrogen-bond acceptors (Lipinski definition) is 3. The van der Waals surface area contributed by atoms with Crippen LogP contribution < -0.4 is 0 Å². The van der Waals surface area contributed by atoms with E-state index in [2.05, 4.69) is 0 Å². The van der Waals surface area contributed by atoms with Crippen LogP contribution in [-0.2, 0) is 5.75 Å². The van der Waals surface area contributed by atoms with Gasteiger partial charge in [-0.15, -0.1) is 0 Å². The molecular weight excluding hydrogens is 212 g/mol. The largest absolute Gasteiger partial charge is 0.478 e. The SMILES string of the molecule is CSCc1cc2ccc(C(=O)O)cc2o1. The van der Waals surface area contributed by atoms with Gasteiger partial charge in [-0.2, -0.15) is 11.8 Å². The number of benzene rings is 1. The topological polar surface area (TPSA) is 50.4 Å². The van der Waals surface area contributed by atoms with Gasteiger partial charge in [0.25, 0.3) is 0 Å². The molecule has 0 amide bonds. The first-order valence-electron chi connectivity index (χ1n) is 4.45. The Balaban J connectivity index is 2.47. The molecule has 4 heteroatoms. The van der Waals surface area contributed by atoms with Crippen LogP contribution in [0.3, 0.4) is 0 Å². The van der Waals surface area contributed by atoms with Gasteiger partial charge in [0, 0.05) is 5.39 Å². The average Bonchev–Trinajstić information content (AvgIpc) is 2.59. The van der Waals surface area contributed by atoms with Crippen molar-refractivity contribution in [3.05, 3.63) is 35.6 Å². The van der Waals surface area contributed by atoms with Gasteiger partial charge in [-0.05, 0) is 24.5 Å². The van der Waals surface area contributed by atoms with Crippen LogP contribution in [0, 0.1) is 0 Å². The zero-order valence-electron chi connectivity index (χ0n) is 8.19. The highest BCUT2D eigenvalue weighted by Gasteiger charge is 2.07. The quantitative estimate of drug-likeness (QED) is 0.867. The summed E-state index contributed by atoms with van der Waals surface area (Å²) in [6.07, 6.45) is 2.00. The van der Waals surface area contributed by atoms with Crippen LogP contribution in [0.1, 0.15) is 16.1 Å². The van der Waals surface area contributed by atoms with E-state index in [4.69, 9.17) is 9.52 Å². The van der Waals surface area contributed by atoms with Gasteiger partial charge in [0.05, 0.1) is 11.3 Å². The minimum atomic E-state index is -0.931. The standard InChI is InChI=1S/C11H10O3S/c1-15-6-9-4-7-2-3-8(11(12)13)5-10(7)14-9/h2-5H,6H2,1H3,(H,12,13). The molecule has 0 fully saturated rings. The number of hydrogen-bond donors (Lipinski definition) is 1. The number of carboxylic acid groups (broad SMARTS) is 1. The zero-order valence-corrected chi connectivity index (χ0v) is 9.00. The van der Waals surface area contributed by atoms with E-state index in [0.717, 1.165) is 16.9 Å². The Morgan fingerprint density at radius 2 is 2.27 bits per heavy atom. The molecule has 3 nitrogen and oxygen atoms in total. The summed E-state index contributed by atoms with van der Waals surface area (Å²) in [5, 5.41) is 9.76. The Kier molecular flexibility index (Phi) is 2.68. The lowest BCUT2D eigenvalue weighted by molar-refractivity contribution is 0.0697. The summed E-state index contributed by atoms with van der Waals surface area (Å²) in [6, 6.07) is 6.86. The molecule has 2 aromatic rings. The molecule has 0 radical (unpaired) electrons. The normalized spacial score (nSPS) is 10.7. The van der Waals surface area contributed by atoms with Gasteiger partial charge in [0.1, 0.15) is 11.3 Å². The first kappa shape index (κ1) is 10.1. The fourth-order valence-electron chi connectivity index (χ4n) is 1.43. The van der Waals surface area contributed by atoms with Crippen LogP contribution in [-0.4, -0.2) is 17.3 Å². The van der Waals surface area contributed by atoms with Crippen molar-refractivity contribution >= 4 is 28.7 Å². The van der Waals surface area contributed by atoms with E-state index in [-0.39, 0.29) is 5.56 Å². The highest BCUT2D eigenvalue weighted by atomic mass is 32.2. The molecule has 15 heavy (non-hydrogen) atoms. The lowest BCUT2D eigenvalue weighted by atomic mass is 10.2. The van der Waals surface area contributed by atoms with Crippen molar-refractivity contribution in [2.24, 2.45) is 0 Å². The fraction of sp³-hybridized carbons (Fsp3) is 0.182. The third-order valence-electron chi connectivity index (χ3n) is 2.10. The lowest BCUT2D eigenvalue weighted by Crippen LogP contribution is -1.94. The molecule has 1 aromatic heterocycles. The van der Waals surface area contributed by atoms with Gasteiger partial charge in [-0.3, -0.25) is 0 Å². The minimum absolute atomic E-state index is 0.257. The number of fused-ring (bicyclic) bond motifs is 1. The third-order valence-corrected chi connectivity index (χ3v) is 2.68. The second-order valence-electron chi connectivity index (χ2n) is 3.20. The molecule has 78 valence electrons. The number of aromatic carboxylic acids is 1. The molecule has 0 bridgehead atoms. The maximum atomic E-state index is 10.7. The Labute approximate surface area is 91.1 Å². The molecule has 1 heterocycles. The van der Waals surface area contributed by atoms with Crippen LogP contribution in [0.25, 0.3) is 11.0 Å². The summed E-state index contributed by atoms with van der Waals surface area (Å²) in [7, 11) is 0. The van der Waals surface area contributed by atoms with E-state index in [1.165, 1.54) is 0 Å². The van der Waals surface area contributed by atoms with E-state index in [1.807, 2.05) is 12.3 Å². The van der Waals surface area contributed by atoms with Crippen molar-refractivity contribution in [1.82, 2.24) is 0 Å². The van der Waals surface area contributed by atoms with E-state index < -0.39 is 5.97 Å². The summed E-state index contributed by atoms with van der Waals surface area (Å²) in [5.74, 6) is 0.747. The summed E-state index contributed by atoms with van der Waals surface area (Å²) >= 11 is 1.67. The van der Waals surface area contributed by atoms with Gasteiger partial charge in [0.2, 0.25) is 0 Å². The molecule has 0 aliphatic rings. The molecule has 0 unspecified atom stereocenters. The molecule has 2 rings (SSSR count). The van der Waals surface area contributed by atoms with Crippen LogP contribution in [0.15, 0.2) is 28.7 Å². The van der Waals surface area contributed by atoms with E-state index in [1.54, 1.807) is 30.0 Å². The maximum absolute atomic E-state index is 10.7. The van der Waals surface area contributed by atoms with Crippen LogP contribution in [0.5, 0.6) is 0 Å². The van der Waals surface area contributed by atoms with Crippen molar-refractivity contribution in [3.8, 4) is 0 Å². The van der Waals surface area contributed by atoms with E-state index >= 15 is 0 Å². The zero-order chi connectivity index (χ0) is 10.8. The maximum Gasteiger partial charge on any atom is 0.335 e. The monoisotopic (exact) mass is 222 g/mol. The highest BCUT2D eigenvalue weighted by Crippen LogP contribution is 2.23. The van der Waals surface area contributed by atoms with E-state index in [9.17, 15) is 4.79 Å². The number of carboxylic acids is 1. The predicted octanol–water partition coefficient (Wildman–Crippen LogP) is 2.99. The first-order valence-corrected chi connectivity index (χ1v) is 5.85. The van der Waals surface area contributed by atoms with Gasteiger partial charge < -0.3 is 9.52 Å². The molecule has 0 aliphatic heterocycles. The van der Waals surface area contributed by atoms with Gasteiger partial charge >= 0.3 is 5.97 Å². The Morgan fingerprint density at radius 3 is 2.93 bits per heavy atom. The summed E-state index contributed by atoms with van der Waals surface area (Å²) in [5.41, 5.74) is 0.895. The average molecular weight is 222 g/mol. The second-order valence-corrected chi connectivity index (χ2v) is 4.07. The number of furan rings is 1. The first-order chi connectivity index (χ1) is 7.20. The molecule has 1 aromatic carbocycles. The molecule has 1 N–H and O–H groups in total. The predicted molar refractivity (Wildman–Crippen MR) is 60.4 cm³/mol. The summed E-state index contributed by atoms with van der Waals surface area (Å²) in [6.45, 7) is 0. The molecule has 0 aliphatic carbocycles. The second kappa shape index (κ2) is 3.98. The Bertz CT molecular complexity index is 502. The van der Waals surface area contributed by atoms with Gasteiger partial charge in [-0.1, -0.05) is 6.07 Å². The van der Waals surface area contributed by atoms with Crippen molar-refractivity contribution in [3.63, 3.8) is 0 Å². The summed E-state index contributed by atoms with van der Waals surface area (Å²) < 4.78 is 5.52. The van der Waals surface area contributed by atoms with Crippen LogP contribution in [0.2, 0.25) is 0 Å². The van der Waals surface area contributed by atoms with Crippen molar-refractivity contribution in [2.45, 2.75) is 5.75 Å². The lowest BCUT2D eigenvalue weighted by Gasteiger charge is -1.92. The summed E-state index contributed by atoms with van der Waals surface area (Å²) in [4.78, 5) is 10.7. The van der Waals surface area contributed by atoms with E-state index in [0.29, 0.717) is 5.58 Å². The third kappa shape index (κ3) is 1.99. The molecule has 0 spiro atoms. The number of carbonyl (C=O) groups is 1.